The molecule has 0 spiro atoms. The number of hydrogen-bond donors (Lipinski definition) is 1. The van der Waals surface area contributed by atoms with E-state index in [0.29, 0.717) is 17.6 Å². The van der Waals surface area contributed by atoms with Crippen LogP contribution in [0.25, 0.3) is 5.57 Å². The van der Waals surface area contributed by atoms with Gasteiger partial charge >= 0.3 is 11.9 Å². The molecule has 0 bridgehead atoms. The summed E-state index contributed by atoms with van der Waals surface area (Å²) in [5.41, 5.74) is 4.43. The van der Waals surface area contributed by atoms with Crippen molar-refractivity contribution in [1.82, 2.24) is 15.3 Å². The summed E-state index contributed by atoms with van der Waals surface area (Å²) >= 11 is 0. The molecular formula is C21H21N3O4. The fraction of sp³-hybridized carbons (Fsp3) is 0.333. The zero-order chi connectivity index (χ0) is 19.8. The number of carbonyl (C=O) groups excluding carboxylic acids is 2. The van der Waals surface area contributed by atoms with Crippen LogP contribution < -0.4 is 5.32 Å². The van der Waals surface area contributed by atoms with E-state index >= 15 is 0 Å². The Hall–Kier alpha value is -3.22. The quantitative estimate of drug-likeness (QED) is 0.820. The van der Waals surface area contributed by atoms with E-state index in [-0.39, 0.29) is 18.1 Å². The summed E-state index contributed by atoms with van der Waals surface area (Å²) in [7, 11) is 1.34. The predicted octanol–water partition coefficient (Wildman–Crippen LogP) is 2.54. The number of hydrogen-bond acceptors (Lipinski definition) is 7. The molecule has 0 aromatic carbocycles. The van der Waals surface area contributed by atoms with Crippen LogP contribution in [0.1, 0.15) is 58.4 Å². The van der Waals surface area contributed by atoms with Crippen molar-refractivity contribution in [1.29, 1.82) is 0 Å². The van der Waals surface area contributed by atoms with Gasteiger partial charge in [0.05, 0.1) is 24.3 Å². The molecule has 0 amide bonds. The first kappa shape index (κ1) is 18.2. The van der Waals surface area contributed by atoms with E-state index in [9.17, 15) is 9.59 Å². The molecule has 0 saturated heterocycles. The average Bonchev–Trinajstić information content (AvgIpc) is 3.03. The Bertz CT molecular complexity index is 985. The molecule has 28 heavy (non-hydrogen) atoms. The fourth-order valence-corrected chi connectivity index (χ4v) is 3.87. The highest BCUT2D eigenvalue weighted by Crippen LogP contribution is 2.38. The van der Waals surface area contributed by atoms with E-state index < -0.39 is 11.9 Å². The molecule has 1 aliphatic carbocycles. The van der Waals surface area contributed by atoms with Crippen molar-refractivity contribution in [3.63, 3.8) is 0 Å². The number of pyridine rings is 2. The third-order valence-corrected chi connectivity index (χ3v) is 5.51. The molecule has 0 saturated carbocycles. The van der Waals surface area contributed by atoms with E-state index in [4.69, 9.17) is 9.47 Å². The van der Waals surface area contributed by atoms with Crippen LogP contribution in [0, 0.1) is 0 Å². The normalized spacial score (nSPS) is 22.4. The van der Waals surface area contributed by atoms with Gasteiger partial charge in [0.15, 0.2) is 0 Å². The molecule has 144 valence electrons. The predicted molar refractivity (Wildman–Crippen MR) is 101 cm³/mol. The summed E-state index contributed by atoms with van der Waals surface area (Å²) in [5.74, 6) is -0.897. The minimum atomic E-state index is -0.432. The second-order valence-electron chi connectivity index (χ2n) is 7.09. The van der Waals surface area contributed by atoms with E-state index in [2.05, 4.69) is 15.3 Å². The molecule has 7 nitrogen and oxygen atoms in total. The van der Waals surface area contributed by atoms with Crippen molar-refractivity contribution in [2.45, 2.75) is 38.3 Å². The Kier molecular flexibility index (Phi) is 4.58. The molecule has 1 N–H and O–H groups in total. The van der Waals surface area contributed by atoms with Crippen molar-refractivity contribution >= 4 is 17.5 Å². The third kappa shape index (κ3) is 2.93. The number of aromatic nitrogens is 2. The number of methoxy groups -OCH3 is 1. The van der Waals surface area contributed by atoms with Gasteiger partial charge in [-0.15, -0.1) is 0 Å². The Balaban J connectivity index is 1.58. The van der Waals surface area contributed by atoms with Gasteiger partial charge in [0.1, 0.15) is 6.10 Å². The minimum absolute atomic E-state index is 0.0657. The van der Waals surface area contributed by atoms with Gasteiger partial charge in [-0.05, 0) is 29.7 Å². The van der Waals surface area contributed by atoms with E-state index in [1.54, 1.807) is 24.8 Å². The molecule has 1 aliphatic heterocycles. The lowest BCUT2D eigenvalue weighted by Crippen LogP contribution is -2.26. The monoisotopic (exact) mass is 379 g/mol. The fourth-order valence-electron chi connectivity index (χ4n) is 3.87. The van der Waals surface area contributed by atoms with Gasteiger partial charge in [-0.1, -0.05) is 6.92 Å². The largest absolute Gasteiger partial charge is 0.465 e. The van der Waals surface area contributed by atoms with E-state index in [1.165, 1.54) is 13.3 Å². The molecule has 3 heterocycles. The minimum Gasteiger partial charge on any atom is -0.465 e. The first-order chi connectivity index (χ1) is 13.5. The van der Waals surface area contributed by atoms with Crippen LogP contribution in [0.2, 0.25) is 0 Å². The summed E-state index contributed by atoms with van der Waals surface area (Å²) in [5, 5.41) is 3.18. The molecule has 1 unspecified atom stereocenters. The highest BCUT2D eigenvalue weighted by Gasteiger charge is 2.36. The topological polar surface area (TPSA) is 90.4 Å². The number of nitrogens with zero attached hydrogens (tertiary/aromatic N) is 2. The summed E-state index contributed by atoms with van der Waals surface area (Å²) in [4.78, 5) is 33.3. The Morgan fingerprint density at radius 2 is 1.89 bits per heavy atom. The van der Waals surface area contributed by atoms with Gasteiger partial charge in [0, 0.05) is 48.9 Å². The first-order valence-corrected chi connectivity index (χ1v) is 9.17. The van der Waals surface area contributed by atoms with Gasteiger partial charge in [-0.2, -0.15) is 0 Å². The third-order valence-electron chi connectivity index (χ3n) is 5.51. The van der Waals surface area contributed by atoms with Gasteiger partial charge in [0.2, 0.25) is 0 Å². The van der Waals surface area contributed by atoms with Crippen LogP contribution in [-0.4, -0.2) is 35.1 Å². The molecule has 3 atom stereocenters. The summed E-state index contributed by atoms with van der Waals surface area (Å²) in [6.07, 6.45) is 8.43. The van der Waals surface area contributed by atoms with Crippen LogP contribution >= 0.6 is 0 Å². The zero-order valence-electron chi connectivity index (χ0n) is 15.9. The molecule has 2 aliphatic rings. The number of nitrogens with one attached hydrogen (secondary N) is 1. The zero-order valence-corrected chi connectivity index (χ0v) is 15.9. The van der Waals surface area contributed by atoms with Crippen LogP contribution in [0.5, 0.6) is 0 Å². The van der Waals surface area contributed by atoms with Crippen LogP contribution in [0.3, 0.4) is 0 Å². The number of esters is 2. The molecule has 7 heteroatoms. The molecule has 2 aromatic rings. The van der Waals surface area contributed by atoms with E-state index in [1.807, 2.05) is 19.9 Å². The number of carbonyl (C=O) groups is 2. The van der Waals surface area contributed by atoms with Crippen LogP contribution in [0.4, 0.5) is 0 Å². The van der Waals surface area contributed by atoms with Crippen molar-refractivity contribution in [3.8, 4) is 0 Å². The highest BCUT2D eigenvalue weighted by atomic mass is 16.5. The van der Waals surface area contributed by atoms with Crippen molar-refractivity contribution in [3.05, 3.63) is 64.9 Å². The number of fused-ring (bicyclic) bond motifs is 2. The van der Waals surface area contributed by atoms with E-state index in [0.717, 1.165) is 22.3 Å². The Labute approximate surface area is 162 Å². The molecule has 2 aromatic heterocycles. The molecule has 0 fully saturated rings. The van der Waals surface area contributed by atoms with Crippen LogP contribution in [-0.2, 0) is 20.7 Å². The second kappa shape index (κ2) is 7.07. The van der Waals surface area contributed by atoms with Gasteiger partial charge in [0.25, 0.3) is 0 Å². The second-order valence-corrected chi connectivity index (χ2v) is 7.09. The number of rotatable bonds is 3. The van der Waals surface area contributed by atoms with Crippen molar-refractivity contribution in [2.24, 2.45) is 0 Å². The maximum Gasteiger partial charge on any atom is 0.340 e. The Morgan fingerprint density at radius 3 is 2.68 bits per heavy atom. The van der Waals surface area contributed by atoms with Crippen molar-refractivity contribution in [2.75, 3.05) is 7.11 Å². The SMILES string of the molecule is COC(=O)c1cncc2c1C[C@H](OC(=O)C1=CNC(C)c3cnccc31)[C@@H]2C. The Morgan fingerprint density at radius 1 is 1.11 bits per heavy atom. The van der Waals surface area contributed by atoms with Gasteiger partial charge in [-0.3, -0.25) is 9.97 Å². The smallest absolute Gasteiger partial charge is 0.340 e. The van der Waals surface area contributed by atoms with Crippen LogP contribution in [0.15, 0.2) is 37.1 Å². The molecule has 0 radical (unpaired) electrons. The maximum atomic E-state index is 12.9. The lowest BCUT2D eigenvalue weighted by Gasteiger charge is -2.24. The standard InChI is InChI=1S/C21H21N3O4/c1-11-15-7-23-9-17(20(25)27-3)14(15)6-19(11)28-21(26)18-10-24-12(2)16-8-22-5-4-13(16)18/h4-5,7-12,19,24H,6H2,1-3H3/t11-,12?,19+/m1/s1. The molecule has 4 rings (SSSR count). The summed E-state index contributed by atoms with van der Waals surface area (Å²) in [6.45, 7) is 3.98. The lowest BCUT2D eigenvalue weighted by molar-refractivity contribution is -0.142. The summed E-state index contributed by atoms with van der Waals surface area (Å²) in [6, 6.07) is 1.90. The van der Waals surface area contributed by atoms with Gasteiger partial charge < -0.3 is 14.8 Å². The maximum absolute atomic E-state index is 12.9. The average molecular weight is 379 g/mol. The molecular weight excluding hydrogens is 358 g/mol. The number of ether oxygens (including phenoxy) is 2. The van der Waals surface area contributed by atoms with Gasteiger partial charge in [-0.25, -0.2) is 9.59 Å². The first-order valence-electron chi connectivity index (χ1n) is 9.17. The lowest BCUT2D eigenvalue weighted by atomic mass is 9.95. The highest BCUT2D eigenvalue weighted by molar-refractivity contribution is 6.17. The summed E-state index contributed by atoms with van der Waals surface area (Å²) < 4.78 is 10.7. The van der Waals surface area contributed by atoms with Crippen molar-refractivity contribution < 1.29 is 19.1 Å².